The molecule has 0 unspecified atom stereocenters. The van der Waals surface area contributed by atoms with Crippen LogP contribution in [0.15, 0.2) is 11.4 Å². The second-order valence-corrected chi connectivity index (χ2v) is 8.34. The van der Waals surface area contributed by atoms with E-state index >= 15 is 0 Å². The van der Waals surface area contributed by atoms with Gasteiger partial charge in [-0.1, -0.05) is 20.8 Å². The zero-order valence-electron chi connectivity index (χ0n) is 13.9. The third-order valence-corrected chi connectivity index (χ3v) is 5.57. The first-order valence-corrected chi connectivity index (χ1v) is 8.17. The number of ether oxygens (including phenoxy) is 1. The molecule has 1 aromatic heterocycles. The monoisotopic (exact) mass is 329 g/mol. The SMILES string of the molecule is Cc1csc([C@@H]2OC(C)(C)N(C(=O)O)[C@@]2(CF)C(C)(C)C)c1. The van der Waals surface area contributed by atoms with Gasteiger partial charge in [-0.25, -0.2) is 9.18 Å². The standard InChI is InChI=1S/C16H24FNO3S/c1-10-7-11(22-8-10)12-16(9-17,14(2,3)4)18(13(19)20)15(5,6)21-12/h7-8,12H,9H2,1-6H3,(H,19,20)/t12-,16+/m0/s1. The third kappa shape index (κ3) is 2.33. The number of halogens is 1. The first kappa shape index (κ1) is 17.2. The normalized spacial score (nSPS) is 28.1. The fourth-order valence-corrected chi connectivity index (χ4v) is 4.39. The summed E-state index contributed by atoms with van der Waals surface area (Å²) in [5, 5.41) is 11.7. The number of hydrogen-bond donors (Lipinski definition) is 1. The molecule has 2 rings (SSSR count). The van der Waals surface area contributed by atoms with Crippen molar-refractivity contribution in [1.82, 2.24) is 4.90 Å². The lowest BCUT2D eigenvalue weighted by atomic mass is 9.69. The lowest BCUT2D eigenvalue weighted by Gasteiger charge is -2.48. The highest BCUT2D eigenvalue weighted by Crippen LogP contribution is 2.57. The summed E-state index contributed by atoms with van der Waals surface area (Å²) in [6.45, 7) is 10.1. The molecule has 1 saturated heterocycles. The Morgan fingerprint density at radius 2 is 2.09 bits per heavy atom. The van der Waals surface area contributed by atoms with Gasteiger partial charge < -0.3 is 9.84 Å². The fourth-order valence-electron chi connectivity index (χ4n) is 3.38. The minimum Gasteiger partial charge on any atom is -0.465 e. The third-order valence-electron chi connectivity index (χ3n) is 4.48. The number of carboxylic acid groups (broad SMARTS) is 1. The highest BCUT2D eigenvalue weighted by Gasteiger charge is 2.66. The molecular formula is C16H24FNO3S. The van der Waals surface area contributed by atoms with Gasteiger partial charge in [0.2, 0.25) is 0 Å². The molecule has 1 aliphatic rings. The van der Waals surface area contributed by atoms with E-state index in [1.54, 1.807) is 13.8 Å². The van der Waals surface area contributed by atoms with Crippen LogP contribution >= 0.6 is 11.3 Å². The van der Waals surface area contributed by atoms with Crippen LogP contribution < -0.4 is 0 Å². The summed E-state index contributed by atoms with van der Waals surface area (Å²) < 4.78 is 20.4. The van der Waals surface area contributed by atoms with Crippen molar-refractivity contribution in [2.24, 2.45) is 5.41 Å². The van der Waals surface area contributed by atoms with Crippen LogP contribution in [0.1, 0.15) is 51.2 Å². The molecule has 124 valence electrons. The molecule has 0 aromatic carbocycles. The van der Waals surface area contributed by atoms with E-state index in [-0.39, 0.29) is 0 Å². The van der Waals surface area contributed by atoms with Crippen LogP contribution in [0.3, 0.4) is 0 Å². The maximum atomic E-state index is 14.4. The van der Waals surface area contributed by atoms with Crippen molar-refractivity contribution < 1.29 is 19.0 Å². The molecule has 22 heavy (non-hydrogen) atoms. The number of aryl methyl sites for hydroxylation is 1. The maximum Gasteiger partial charge on any atom is 0.410 e. The van der Waals surface area contributed by atoms with E-state index in [9.17, 15) is 14.3 Å². The molecule has 4 nitrogen and oxygen atoms in total. The van der Waals surface area contributed by atoms with Crippen molar-refractivity contribution in [2.45, 2.75) is 58.9 Å². The van der Waals surface area contributed by atoms with E-state index in [0.29, 0.717) is 0 Å². The Morgan fingerprint density at radius 3 is 2.45 bits per heavy atom. The molecule has 0 bridgehead atoms. The molecule has 0 radical (unpaired) electrons. The highest BCUT2D eigenvalue weighted by atomic mass is 32.1. The number of nitrogens with zero attached hydrogens (tertiary/aromatic N) is 1. The summed E-state index contributed by atoms with van der Waals surface area (Å²) >= 11 is 1.48. The van der Waals surface area contributed by atoms with Crippen LogP contribution in [-0.2, 0) is 4.74 Å². The number of amides is 1. The lowest BCUT2D eigenvalue weighted by molar-refractivity contribution is -0.0691. The molecule has 1 amide bonds. The second-order valence-electron chi connectivity index (χ2n) is 7.40. The average Bonchev–Trinajstić information content (AvgIpc) is 2.86. The first-order chi connectivity index (χ1) is 9.97. The maximum absolute atomic E-state index is 14.4. The average molecular weight is 329 g/mol. The van der Waals surface area contributed by atoms with Crippen molar-refractivity contribution in [2.75, 3.05) is 6.67 Å². The second kappa shape index (κ2) is 5.20. The van der Waals surface area contributed by atoms with Gasteiger partial charge in [-0.15, -0.1) is 11.3 Å². The molecular weight excluding hydrogens is 305 g/mol. The predicted octanol–water partition coefficient (Wildman–Crippen LogP) is 4.60. The van der Waals surface area contributed by atoms with Gasteiger partial charge in [-0.3, -0.25) is 4.90 Å². The zero-order chi connectivity index (χ0) is 16.9. The van der Waals surface area contributed by atoms with Gasteiger partial charge in [-0.05, 0) is 43.2 Å². The number of hydrogen-bond acceptors (Lipinski definition) is 3. The molecule has 0 spiro atoms. The largest absolute Gasteiger partial charge is 0.465 e. The Bertz CT molecular complexity index is 578. The van der Waals surface area contributed by atoms with Gasteiger partial charge in [0.25, 0.3) is 0 Å². The summed E-state index contributed by atoms with van der Waals surface area (Å²) in [5.74, 6) is 0. The highest BCUT2D eigenvalue weighted by molar-refractivity contribution is 7.10. The van der Waals surface area contributed by atoms with Gasteiger partial charge in [0, 0.05) is 4.88 Å². The Balaban J connectivity index is 2.69. The topological polar surface area (TPSA) is 49.8 Å². The first-order valence-electron chi connectivity index (χ1n) is 7.29. The Hall–Kier alpha value is -1.14. The van der Waals surface area contributed by atoms with Gasteiger partial charge >= 0.3 is 6.09 Å². The Labute approximate surface area is 134 Å². The molecule has 0 aliphatic carbocycles. The number of carbonyl (C=O) groups is 1. The van der Waals surface area contributed by atoms with E-state index in [4.69, 9.17) is 4.74 Å². The molecule has 6 heteroatoms. The number of rotatable bonds is 2. The predicted molar refractivity (Wildman–Crippen MR) is 85.0 cm³/mol. The van der Waals surface area contributed by atoms with Crippen molar-refractivity contribution in [1.29, 1.82) is 0 Å². The van der Waals surface area contributed by atoms with Gasteiger partial charge in [0.05, 0.1) is 0 Å². The quantitative estimate of drug-likeness (QED) is 0.863. The molecule has 1 aliphatic heterocycles. The summed E-state index contributed by atoms with van der Waals surface area (Å²) in [4.78, 5) is 13.9. The van der Waals surface area contributed by atoms with Crippen LogP contribution in [0.4, 0.5) is 9.18 Å². The van der Waals surface area contributed by atoms with Crippen LogP contribution in [0.5, 0.6) is 0 Å². The fraction of sp³-hybridized carbons (Fsp3) is 0.688. The van der Waals surface area contributed by atoms with Crippen LogP contribution in [0, 0.1) is 12.3 Å². The van der Waals surface area contributed by atoms with Gasteiger partial charge in [-0.2, -0.15) is 0 Å². The van der Waals surface area contributed by atoms with Crippen molar-refractivity contribution in [3.8, 4) is 0 Å². The number of thiophene rings is 1. The molecule has 1 fully saturated rings. The van der Waals surface area contributed by atoms with Gasteiger partial charge in [0.1, 0.15) is 24.0 Å². The molecule has 1 N–H and O–H groups in total. The molecule has 1 aromatic rings. The van der Waals surface area contributed by atoms with Crippen LogP contribution in [-0.4, -0.2) is 34.0 Å². The van der Waals surface area contributed by atoms with E-state index in [2.05, 4.69) is 0 Å². The minimum absolute atomic E-state index is 0.623. The van der Waals surface area contributed by atoms with Crippen LogP contribution in [0.2, 0.25) is 0 Å². The van der Waals surface area contributed by atoms with E-state index in [0.717, 1.165) is 10.4 Å². The van der Waals surface area contributed by atoms with Gasteiger partial charge in [0.15, 0.2) is 0 Å². The summed E-state index contributed by atoms with van der Waals surface area (Å²) in [6, 6.07) is 1.95. The zero-order valence-corrected chi connectivity index (χ0v) is 14.8. The lowest BCUT2D eigenvalue weighted by Crippen LogP contribution is -2.63. The van der Waals surface area contributed by atoms with Crippen molar-refractivity contribution in [3.05, 3.63) is 21.9 Å². The molecule has 2 heterocycles. The summed E-state index contributed by atoms with van der Waals surface area (Å²) in [5.41, 5.74) is -1.92. The molecule has 0 saturated carbocycles. The minimum atomic E-state index is -1.26. The summed E-state index contributed by atoms with van der Waals surface area (Å²) in [6.07, 6.45) is -1.78. The van der Waals surface area contributed by atoms with Crippen LogP contribution in [0.25, 0.3) is 0 Å². The van der Waals surface area contributed by atoms with Crippen molar-refractivity contribution in [3.63, 3.8) is 0 Å². The molecule has 2 atom stereocenters. The van der Waals surface area contributed by atoms with E-state index < -0.39 is 35.6 Å². The van der Waals surface area contributed by atoms with Crippen molar-refractivity contribution >= 4 is 17.4 Å². The summed E-state index contributed by atoms with van der Waals surface area (Å²) in [7, 11) is 0. The van der Waals surface area contributed by atoms with E-state index in [1.165, 1.54) is 16.2 Å². The Morgan fingerprint density at radius 1 is 1.50 bits per heavy atom. The smallest absolute Gasteiger partial charge is 0.410 e. The Kier molecular flexibility index (Phi) is 4.07. The van der Waals surface area contributed by atoms with E-state index in [1.807, 2.05) is 39.1 Å². The number of alkyl halides is 1.